The molecular formula is C15H18FN3. The summed E-state index contributed by atoms with van der Waals surface area (Å²) in [6.45, 7) is 5.07. The van der Waals surface area contributed by atoms with E-state index in [1.54, 1.807) is 18.5 Å². The van der Waals surface area contributed by atoms with Gasteiger partial charge in [0, 0.05) is 17.7 Å². The second-order valence-electron chi connectivity index (χ2n) is 4.34. The fourth-order valence-corrected chi connectivity index (χ4v) is 2.00. The zero-order valence-corrected chi connectivity index (χ0v) is 11.3. The minimum atomic E-state index is -0.236. The van der Waals surface area contributed by atoms with Crippen LogP contribution in [0, 0.1) is 5.82 Å². The molecule has 1 heterocycles. The third-order valence-corrected chi connectivity index (χ3v) is 2.96. The molecule has 0 amide bonds. The summed E-state index contributed by atoms with van der Waals surface area (Å²) < 4.78 is 13.0. The number of rotatable bonds is 5. The van der Waals surface area contributed by atoms with E-state index < -0.39 is 0 Å². The van der Waals surface area contributed by atoms with Gasteiger partial charge in [0.05, 0.1) is 5.69 Å². The van der Waals surface area contributed by atoms with E-state index in [0.717, 1.165) is 42.0 Å². The van der Waals surface area contributed by atoms with Gasteiger partial charge in [-0.2, -0.15) is 0 Å². The van der Waals surface area contributed by atoms with Gasteiger partial charge in [-0.25, -0.2) is 14.4 Å². The third kappa shape index (κ3) is 3.08. The van der Waals surface area contributed by atoms with Crippen LogP contribution in [0.4, 0.5) is 10.2 Å². The highest BCUT2D eigenvalue weighted by Gasteiger charge is 2.11. The Hall–Kier alpha value is -1.97. The molecule has 0 aliphatic rings. The van der Waals surface area contributed by atoms with Crippen molar-refractivity contribution in [3.63, 3.8) is 0 Å². The molecular weight excluding hydrogens is 241 g/mol. The number of halogens is 1. The van der Waals surface area contributed by atoms with Crippen LogP contribution in [0.15, 0.2) is 30.6 Å². The van der Waals surface area contributed by atoms with Gasteiger partial charge >= 0.3 is 0 Å². The van der Waals surface area contributed by atoms with Gasteiger partial charge in [-0.1, -0.05) is 13.8 Å². The van der Waals surface area contributed by atoms with Crippen LogP contribution >= 0.6 is 0 Å². The summed E-state index contributed by atoms with van der Waals surface area (Å²) >= 11 is 0. The Balaban J connectivity index is 2.42. The van der Waals surface area contributed by atoms with E-state index in [-0.39, 0.29) is 5.82 Å². The molecule has 4 heteroatoms. The van der Waals surface area contributed by atoms with E-state index in [9.17, 15) is 4.39 Å². The van der Waals surface area contributed by atoms with E-state index in [4.69, 9.17) is 0 Å². The van der Waals surface area contributed by atoms with Crippen molar-refractivity contribution in [3.05, 3.63) is 42.0 Å². The van der Waals surface area contributed by atoms with Crippen molar-refractivity contribution in [2.75, 3.05) is 11.9 Å². The van der Waals surface area contributed by atoms with Gasteiger partial charge in [0.15, 0.2) is 0 Å². The molecule has 100 valence electrons. The number of anilines is 1. The Bertz CT molecular complexity index is 538. The van der Waals surface area contributed by atoms with Crippen molar-refractivity contribution < 1.29 is 4.39 Å². The summed E-state index contributed by atoms with van der Waals surface area (Å²) in [6, 6.07) is 6.41. The average Bonchev–Trinajstić information content (AvgIpc) is 2.45. The Morgan fingerprint density at radius 1 is 1.11 bits per heavy atom. The molecule has 0 bridgehead atoms. The van der Waals surface area contributed by atoms with Gasteiger partial charge in [0.25, 0.3) is 0 Å². The van der Waals surface area contributed by atoms with Gasteiger partial charge < -0.3 is 5.32 Å². The number of hydrogen-bond acceptors (Lipinski definition) is 3. The normalized spacial score (nSPS) is 10.5. The van der Waals surface area contributed by atoms with E-state index in [2.05, 4.69) is 29.1 Å². The van der Waals surface area contributed by atoms with Crippen LogP contribution in [-0.2, 0) is 6.42 Å². The highest BCUT2D eigenvalue weighted by Crippen LogP contribution is 2.26. The summed E-state index contributed by atoms with van der Waals surface area (Å²) in [5.74, 6) is 0.638. The molecule has 0 aliphatic carbocycles. The van der Waals surface area contributed by atoms with Crippen LogP contribution in [-0.4, -0.2) is 16.5 Å². The Labute approximate surface area is 112 Å². The third-order valence-electron chi connectivity index (χ3n) is 2.96. The second-order valence-corrected chi connectivity index (χ2v) is 4.34. The molecule has 0 saturated carbocycles. The van der Waals surface area contributed by atoms with E-state index in [1.807, 2.05) is 0 Å². The fourth-order valence-electron chi connectivity index (χ4n) is 2.00. The van der Waals surface area contributed by atoms with Crippen molar-refractivity contribution in [3.8, 4) is 11.3 Å². The van der Waals surface area contributed by atoms with E-state index in [1.165, 1.54) is 12.1 Å². The van der Waals surface area contributed by atoms with Gasteiger partial charge in [-0.3, -0.25) is 0 Å². The zero-order chi connectivity index (χ0) is 13.7. The van der Waals surface area contributed by atoms with Crippen molar-refractivity contribution in [1.82, 2.24) is 9.97 Å². The molecule has 0 unspecified atom stereocenters. The Morgan fingerprint density at radius 2 is 1.84 bits per heavy atom. The molecule has 0 radical (unpaired) electrons. The standard InChI is InChI=1S/C15H18FN3/c1-3-9-17-15-13(4-2)14(18-10-19-15)11-5-7-12(16)8-6-11/h5-8,10H,3-4,9H2,1-2H3,(H,17,18,19). The van der Waals surface area contributed by atoms with Crippen molar-refractivity contribution in [2.24, 2.45) is 0 Å². The first-order chi connectivity index (χ1) is 9.26. The highest BCUT2D eigenvalue weighted by molar-refractivity contribution is 5.68. The lowest BCUT2D eigenvalue weighted by Crippen LogP contribution is -2.07. The number of nitrogens with one attached hydrogen (secondary N) is 1. The van der Waals surface area contributed by atoms with Crippen molar-refractivity contribution in [2.45, 2.75) is 26.7 Å². The first kappa shape index (κ1) is 13.5. The smallest absolute Gasteiger partial charge is 0.133 e. The molecule has 1 aromatic carbocycles. The maximum absolute atomic E-state index is 13.0. The molecule has 0 saturated heterocycles. The van der Waals surface area contributed by atoms with Crippen LogP contribution in [0.5, 0.6) is 0 Å². The Kier molecular flexibility index (Phi) is 4.44. The molecule has 0 spiro atoms. The highest BCUT2D eigenvalue weighted by atomic mass is 19.1. The van der Waals surface area contributed by atoms with Crippen molar-refractivity contribution >= 4 is 5.82 Å². The van der Waals surface area contributed by atoms with Crippen LogP contribution < -0.4 is 5.32 Å². The number of nitrogens with zero attached hydrogens (tertiary/aromatic N) is 2. The summed E-state index contributed by atoms with van der Waals surface area (Å²) in [6.07, 6.45) is 3.43. The lowest BCUT2D eigenvalue weighted by Gasteiger charge is -2.12. The van der Waals surface area contributed by atoms with Gasteiger partial charge in [-0.15, -0.1) is 0 Å². The van der Waals surface area contributed by atoms with E-state index in [0.29, 0.717) is 0 Å². The quantitative estimate of drug-likeness (QED) is 0.890. The van der Waals surface area contributed by atoms with Crippen LogP contribution in [0.2, 0.25) is 0 Å². The maximum Gasteiger partial charge on any atom is 0.133 e. The number of aromatic nitrogens is 2. The zero-order valence-electron chi connectivity index (χ0n) is 11.3. The van der Waals surface area contributed by atoms with Gasteiger partial charge in [0.2, 0.25) is 0 Å². The molecule has 0 atom stereocenters. The van der Waals surface area contributed by atoms with Crippen LogP contribution in [0.1, 0.15) is 25.8 Å². The minimum Gasteiger partial charge on any atom is -0.370 e. The van der Waals surface area contributed by atoms with E-state index >= 15 is 0 Å². The fraction of sp³-hybridized carbons (Fsp3) is 0.333. The molecule has 1 aromatic heterocycles. The van der Waals surface area contributed by atoms with Gasteiger partial charge in [0.1, 0.15) is 18.0 Å². The topological polar surface area (TPSA) is 37.8 Å². The van der Waals surface area contributed by atoms with Gasteiger partial charge in [-0.05, 0) is 37.1 Å². The maximum atomic E-state index is 13.0. The SMILES string of the molecule is CCCNc1ncnc(-c2ccc(F)cc2)c1CC. The summed E-state index contributed by atoms with van der Waals surface area (Å²) in [7, 11) is 0. The lowest BCUT2D eigenvalue weighted by molar-refractivity contribution is 0.628. The molecule has 3 nitrogen and oxygen atoms in total. The summed E-state index contributed by atoms with van der Waals surface area (Å²) in [5, 5.41) is 3.31. The average molecular weight is 259 g/mol. The molecule has 2 aromatic rings. The molecule has 19 heavy (non-hydrogen) atoms. The predicted molar refractivity (Wildman–Crippen MR) is 75.6 cm³/mol. The predicted octanol–water partition coefficient (Wildman–Crippen LogP) is 3.67. The molecule has 1 N–H and O–H groups in total. The molecule has 2 rings (SSSR count). The number of benzene rings is 1. The summed E-state index contributed by atoms with van der Waals surface area (Å²) in [5.41, 5.74) is 2.86. The van der Waals surface area contributed by atoms with Crippen molar-refractivity contribution in [1.29, 1.82) is 0 Å². The Morgan fingerprint density at radius 3 is 2.47 bits per heavy atom. The van der Waals surface area contributed by atoms with Crippen LogP contribution in [0.25, 0.3) is 11.3 Å². The largest absolute Gasteiger partial charge is 0.370 e. The first-order valence-electron chi connectivity index (χ1n) is 6.60. The lowest BCUT2D eigenvalue weighted by atomic mass is 10.0. The second kappa shape index (κ2) is 6.27. The van der Waals surface area contributed by atoms with Crippen LogP contribution in [0.3, 0.4) is 0 Å². The summed E-state index contributed by atoms with van der Waals surface area (Å²) in [4.78, 5) is 8.64. The molecule has 0 fully saturated rings. The first-order valence-corrected chi connectivity index (χ1v) is 6.60. The number of hydrogen-bond donors (Lipinski definition) is 1. The monoisotopic (exact) mass is 259 g/mol. The minimum absolute atomic E-state index is 0.236. The molecule has 0 aliphatic heterocycles.